The molecule has 10 heteroatoms. The third-order valence-electron chi connectivity index (χ3n) is 6.21. The van der Waals surface area contributed by atoms with Crippen LogP contribution < -0.4 is 11.2 Å². The summed E-state index contributed by atoms with van der Waals surface area (Å²) in [6, 6.07) is 7.69. The lowest BCUT2D eigenvalue weighted by Crippen LogP contribution is -2.30. The number of pyridine rings is 1. The minimum absolute atomic E-state index is 0.0733. The molecular weight excluding hydrogens is 462 g/mol. The number of rotatable bonds is 4. The van der Waals surface area contributed by atoms with Gasteiger partial charge in [-0.3, -0.25) is 5.41 Å². The molecule has 0 amide bonds. The predicted octanol–water partition coefficient (Wildman–Crippen LogP) is 2.05. The molecule has 5 rings (SSSR count). The highest BCUT2D eigenvalue weighted by molar-refractivity contribution is 9.10. The number of imidazole rings is 1. The molecule has 3 heterocycles. The van der Waals surface area contributed by atoms with Crippen LogP contribution in [0.25, 0.3) is 22.1 Å². The maximum atomic E-state index is 10.7. The molecule has 1 saturated carbocycles. The first-order valence-corrected chi connectivity index (χ1v) is 10.9. The standard InChI is InChI=1S/C21H22BrN7O2/c22-13-6-11-3-1-10(5-14(11)28-19(13)23)2-4-12-7-15(18(31)17(12)30)29-9-27-20(24)16-21(29)26-8-25-16/h1,3,5-6,8-9,12,15,17-18,24,30-31H,2,4,7H2,(H2,23,28)(H,25,26)/t12-,15+,17+,18-/m0/s1. The van der Waals surface area contributed by atoms with Crippen LogP contribution in [0.5, 0.6) is 0 Å². The molecule has 1 aliphatic rings. The molecule has 160 valence electrons. The molecule has 4 aromatic rings. The molecule has 1 aliphatic carbocycles. The molecule has 0 saturated heterocycles. The van der Waals surface area contributed by atoms with E-state index in [-0.39, 0.29) is 17.4 Å². The number of aromatic nitrogens is 5. The van der Waals surface area contributed by atoms with Crippen LogP contribution in [-0.2, 0) is 6.42 Å². The normalized spacial score (nSPS) is 23.7. The average Bonchev–Trinajstić information content (AvgIpc) is 3.35. The quantitative estimate of drug-likeness (QED) is 0.299. The van der Waals surface area contributed by atoms with Gasteiger partial charge in [0.15, 0.2) is 11.1 Å². The highest BCUT2D eigenvalue weighted by Crippen LogP contribution is 2.38. The zero-order valence-corrected chi connectivity index (χ0v) is 18.1. The fourth-order valence-electron chi connectivity index (χ4n) is 4.51. The van der Waals surface area contributed by atoms with E-state index < -0.39 is 12.2 Å². The van der Waals surface area contributed by atoms with Crippen molar-refractivity contribution in [1.82, 2.24) is 24.5 Å². The van der Waals surface area contributed by atoms with E-state index in [9.17, 15) is 10.2 Å². The van der Waals surface area contributed by atoms with E-state index >= 15 is 0 Å². The van der Waals surface area contributed by atoms with E-state index in [4.69, 9.17) is 11.1 Å². The van der Waals surface area contributed by atoms with Gasteiger partial charge in [-0.25, -0.2) is 15.0 Å². The number of aliphatic hydroxyl groups excluding tert-OH is 2. The Labute approximate surface area is 185 Å². The predicted molar refractivity (Wildman–Crippen MR) is 119 cm³/mol. The number of nitrogens with two attached hydrogens (primary N) is 1. The fraction of sp³-hybridized carbons (Fsp3) is 0.333. The molecule has 31 heavy (non-hydrogen) atoms. The minimum Gasteiger partial charge on any atom is -0.390 e. The second-order valence-electron chi connectivity index (χ2n) is 8.07. The van der Waals surface area contributed by atoms with Crippen molar-refractivity contribution in [2.24, 2.45) is 5.92 Å². The SMILES string of the molecule is N=c1ncn([C@@H]2C[C@H](CCc3ccc4cc(Br)c(N)nc4c3)[C@@H](O)[C@H]2O)c2nc[nH]c12. The zero-order chi connectivity index (χ0) is 21.7. The Bertz CT molecular complexity index is 1330. The summed E-state index contributed by atoms with van der Waals surface area (Å²) in [5.41, 5.74) is 9.02. The highest BCUT2D eigenvalue weighted by atomic mass is 79.9. The molecule has 6 N–H and O–H groups in total. The lowest BCUT2D eigenvalue weighted by atomic mass is 9.95. The Morgan fingerprint density at radius 3 is 2.90 bits per heavy atom. The van der Waals surface area contributed by atoms with Crippen LogP contribution in [-0.4, -0.2) is 46.9 Å². The van der Waals surface area contributed by atoms with Crippen LogP contribution in [0.15, 0.2) is 41.4 Å². The van der Waals surface area contributed by atoms with Crippen LogP contribution in [0, 0.1) is 11.3 Å². The summed E-state index contributed by atoms with van der Waals surface area (Å²) in [7, 11) is 0. The van der Waals surface area contributed by atoms with Gasteiger partial charge in [0.25, 0.3) is 0 Å². The van der Waals surface area contributed by atoms with Gasteiger partial charge >= 0.3 is 0 Å². The van der Waals surface area contributed by atoms with Crippen LogP contribution in [0.2, 0.25) is 0 Å². The number of aliphatic hydroxyl groups is 2. The average molecular weight is 484 g/mol. The van der Waals surface area contributed by atoms with E-state index in [2.05, 4.69) is 41.9 Å². The van der Waals surface area contributed by atoms with Crippen molar-refractivity contribution in [3.05, 3.63) is 52.4 Å². The summed E-state index contributed by atoms with van der Waals surface area (Å²) in [6.07, 6.45) is 3.33. The Morgan fingerprint density at radius 1 is 1.23 bits per heavy atom. The first-order valence-electron chi connectivity index (χ1n) is 10.1. The molecule has 0 radical (unpaired) electrons. The van der Waals surface area contributed by atoms with Gasteiger partial charge < -0.3 is 25.5 Å². The minimum atomic E-state index is -0.927. The number of aryl methyl sites for hydroxylation is 1. The van der Waals surface area contributed by atoms with Gasteiger partial charge in [0.05, 0.1) is 34.8 Å². The Balaban J connectivity index is 1.35. The zero-order valence-electron chi connectivity index (χ0n) is 16.5. The summed E-state index contributed by atoms with van der Waals surface area (Å²) in [4.78, 5) is 15.7. The highest BCUT2D eigenvalue weighted by Gasteiger charge is 2.42. The van der Waals surface area contributed by atoms with E-state index in [1.807, 2.05) is 18.2 Å². The number of anilines is 1. The third kappa shape index (κ3) is 3.50. The van der Waals surface area contributed by atoms with Crippen molar-refractivity contribution in [1.29, 1.82) is 5.41 Å². The van der Waals surface area contributed by atoms with Gasteiger partial charge in [0, 0.05) is 5.39 Å². The Morgan fingerprint density at radius 2 is 2.06 bits per heavy atom. The molecule has 0 unspecified atom stereocenters. The number of nitrogens with zero attached hydrogens (tertiary/aromatic N) is 4. The second kappa shape index (κ2) is 7.70. The van der Waals surface area contributed by atoms with Gasteiger partial charge in [0.2, 0.25) is 0 Å². The first-order chi connectivity index (χ1) is 14.9. The largest absolute Gasteiger partial charge is 0.390 e. The molecule has 4 atom stereocenters. The van der Waals surface area contributed by atoms with Gasteiger partial charge in [-0.05, 0) is 58.8 Å². The van der Waals surface area contributed by atoms with Gasteiger partial charge in [0.1, 0.15) is 17.4 Å². The van der Waals surface area contributed by atoms with Gasteiger partial charge in [-0.2, -0.15) is 0 Å². The molecule has 0 bridgehead atoms. The summed E-state index contributed by atoms with van der Waals surface area (Å²) in [5.74, 6) is 0.381. The maximum Gasteiger partial charge on any atom is 0.173 e. The van der Waals surface area contributed by atoms with Crippen molar-refractivity contribution in [2.75, 3.05) is 5.73 Å². The number of nitrogens with one attached hydrogen (secondary N) is 2. The van der Waals surface area contributed by atoms with Crippen molar-refractivity contribution < 1.29 is 10.2 Å². The van der Waals surface area contributed by atoms with Crippen molar-refractivity contribution in [3.63, 3.8) is 0 Å². The second-order valence-corrected chi connectivity index (χ2v) is 8.92. The van der Waals surface area contributed by atoms with Crippen LogP contribution >= 0.6 is 15.9 Å². The van der Waals surface area contributed by atoms with Crippen LogP contribution in [0.4, 0.5) is 5.82 Å². The molecule has 3 aromatic heterocycles. The number of benzene rings is 1. The molecule has 1 aromatic carbocycles. The smallest absolute Gasteiger partial charge is 0.173 e. The van der Waals surface area contributed by atoms with Crippen molar-refractivity contribution in [2.45, 2.75) is 37.5 Å². The number of hydrogen-bond donors (Lipinski definition) is 5. The number of hydrogen-bond acceptors (Lipinski definition) is 7. The van der Waals surface area contributed by atoms with E-state index in [1.165, 1.54) is 12.7 Å². The topological polar surface area (TPSA) is 150 Å². The van der Waals surface area contributed by atoms with Crippen molar-refractivity contribution >= 4 is 43.8 Å². The monoisotopic (exact) mass is 483 g/mol. The molecule has 9 nitrogen and oxygen atoms in total. The number of aromatic amines is 1. The number of halogens is 1. The summed E-state index contributed by atoms with van der Waals surface area (Å²) in [5, 5.41) is 30.3. The summed E-state index contributed by atoms with van der Waals surface area (Å²) < 4.78 is 2.54. The summed E-state index contributed by atoms with van der Waals surface area (Å²) >= 11 is 3.40. The van der Waals surface area contributed by atoms with Crippen LogP contribution in [0.1, 0.15) is 24.4 Å². The van der Waals surface area contributed by atoms with E-state index in [0.29, 0.717) is 23.4 Å². The molecule has 0 aliphatic heterocycles. The lowest BCUT2D eigenvalue weighted by molar-refractivity contribution is 0.00526. The molecular formula is C21H22BrN7O2. The van der Waals surface area contributed by atoms with Gasteiger partial charge in [-0.1, -0.05) is 12.1 Å². The number of nitrogen functional groups attached to an aromatic ring is 1. The molecule has 0 spiro atoms. The van der Waals surface area contributed by atoms with Gasteiger partial charge in [-0.15, -0.1) is 0 Å². The maximum absolute atomic E-state index is 10.7. The number of H-pyrrole nitrogens is 1. The Kier molecular flexibility index (Phi) is 4.99. The van der Waals surface area contributed by atoms with Crippen molar-refractivity contribution in [3.8, 4) is 0 Å². The van der Waals surface area contributed by atoms with Crippen LogP contribution in [0.3, 0.4) is 0 Å². The van der Waals surface area contributed by atoms with E-state index in [0.717, 1.165) is 33.8 Å². The third-order valence-corrected chi connectivity index (χ3v) is 6.84. The lowest BCUT2D eigenvalue weighted by Gasteiger charge is -2.19. The first kappa shape index (κ1) is 20.1. The Hall–Kier alpha value is -2.82. The number of fused-ring (bicyclic) bond motifs is 2. The van der Waals surface area contributed by atoms with E-state index in [1.54, 1.807) is 4.57 Å². The molecule has 1 fully saturated rings. The fourth-order valence-corrected chi connectivity index (χ4v) is 4.85. The summed E-state index contributed by atoms with van der Waals surface area (Å²) in [6.45, 7) is 0.